The van der Waals surface area contributed by atoms with Crippen LogP contribution in [0, 0.1) is 12.8 Å². The molecule has 0 radical (unpaired) electrons. The topological polar surface area (TPSA) is 71.0 Å². The number of hydrazone groups is 1. The zero-order valence-electron chi connectivity index (χ0n) is 15.3. The minimum absolute atomic E-state index is 0.199. The second-order valence-electron chi connectivity index (χ2n) is 6.66. The lowest BCUT2D eigenvalue weighted by atomic mass is 10.1. The molecule has 1 aromatic rings. The van der Waals surface area contributed by atoms with E-state index in [1.54, 1.807) is 31.4 Å². The fraction of sp³-hybridized carbons (Fsp3) is 0.611. The first-order valence-electron chi connectivity index (χ1n) is 8.78. The number of hydrogen-bond acceptors (Lipinski definition) is 5. The summed E-state index contributed by atoms with van der Waals surface area (Å²) in [5, 5.41) is 6.64. The molecular formula is C18H29N3O3S. The highest BCUT2D eigenvalue weighted by Gasteiger charge is 2.22. The summed E-state index contributed by atoms with van der Waals surface area (Å²) in [7, 11) is -1.73. The van der Waals surface area contributed by atoms with Gasteiger partial charge in [0.1, 0.15) is 0 Å². The maximum absolute atomic E-state index is 12.2. The van der Waals surface area contributed by atoms with Gasteiger partial charge in [-0.3, -0.25) is 5.01 Å². The van der Waals surface area contributed by atoms with Crippen molar-refractivity contribution in [1.82, 2.24) is 9.73 Å². The summed E-state index contributed by atoms with van der Waals surface area (Å²) in [4.78, 5) is 0.305. The molecule has 140 valence electrons. The van der Waals surface area contributed by atoms with E-state index in [1.165, 1.54) is 0 Å². The monoisotopic (exact) mass is 367 g/mol. The quantitative estimate of drug-likeness (QED) is 0.681. The van der Waals surface area contributed by atoms with E-state index in [0.29, 0.717) is 30.5 Å². The Hall–Kier alpha value is -1.44. The maximum atomic E-state index is 12.2. The molecule has 2 atom stereocenters. The summed E-state index contributed by atoms with van der Waals surface area (Å²) >= 11 is 0. The highest BCUT2D eigenvalue weighted by atomic mass is 32.2. The Morgan fingerprint density at radius 2 is 2.12 bits per heavy atom. The molecule has 1 aliphatic heterocycles. The second-order valence-corrected chi connectivity index (χ2v) is 8.42. The minimum Gasteiger partial charge on any atom is -0.382 e. The first-order chi connectivity index (χ1) is 11.9. The van der Waals surface area contributed by atoms with E-state index >= 15 is 0 Å². The Bertz CT molecular complexity index is 659. The normalized spacial score (nSPS) is 19.6. The van der Waals surface area contributed by atoms with Crippen LogP contribution in [0.3, 0.4) is 0 Å². The number of ether oxygens (including phenoxy) is 1. The van der Waals surface area contributed by atoms with E-state index < -0.39 is 10.0 Å². The molecule has 2 rings (SSSR count). The highest BCUT2D eigenvalue weighted by molar-refractivity contribution is 7.89. The van der Waals surface area contributed by atoms with Gasteiger partial charge < -0.3 is 4.74 Å². The van der Waals surface area contributed by atoms with E-state index in [-0.39, 0.29) is 5.92 Å². The van der Waals surface area contributed by atoms with Crippen molar-refractivity contribution in [3.63, 3.8) is 0 Å². The van der Waals surface area contributed by atoms with Crippen LogP contribution in [0.2, 0.25) is 0 Å². The van der Waals surface area contributed by atoms with Gasteiger partial charge in [0, 0.05) is 26.4 Å². The smallest absolute Gasteiger partial charge is 0.240 e. The predicted molar refractivity (Wildman–Crippen MR) is 100 cm³/mol. The molecule has 0 bridgehead atoms. The Kier molecular flexibility index (Phi) is 7.40. The summed E-state index contributed by atoms with van der Waals surface area (Å²) < 4.78 is 32.4. The third kappa shape index (κ3) is 6.09. The van der Waals surface area contributed by atoms with Crippen LogP contribution in [0.4, 0.5) is 0 Å². The largest absolute Gasteiger partial charge is 0.382 e. The Balaban J connectivity index is 1.79. The zero-order valence-corrected chi connectivity index (χ0v) is 16.1. The van der Waals surface area contributed by atoms with Crippen molar-refractivity contribution in [2.45, 2.75) is 44.0 Å². The third-order valence-corrected chi connectivity index (χ3v) is 5.87. The van der Waals surface area contributed by atoms with E-state index in [9.17, 15) is 8.42 Å². The van der Waals surface area contributed by atoms with Crippen molar-refractivity contribution >= 4 is 16.2 Å². The van der Waals surface area contributed by atoms with Crippen LogP contribution in [-0.4, -0.2) is 52.5 Å². The van der Waals surface area contributed by atoms with Crippen molar-refractivity contribution in [3.05, 3.63) is 29.8 Å². The molecule has 6 nitrogen and oxygen atoms in total. The molecule has 1 aromatic carbocycles. The molecule has 0 aliphatic carbocycles. The SMILES string of the molecule is COC[C@@H]1CCCN1/N=C/[C@@H](C)CCNS(=O)(=O)c1ccc(C)cc1. The van der Waals surface area contributed by atoms with Gasteiger partial charge in [-0.25, -0.2) is 13.1 Å². The average molecular weight is 368 g/mol. The first-order valence-corrected chi connectivity index (χ1v) is 10.3. The molecular weight excluding hydrogens is 338 g/mol. The second kappa shape index (κ2) is 9.31. The summed E-state index contributed by atoms with van der Waals surface area (Å²) in [6.07, 6.45) is 4.86. The van der Waals surface area contributed by atoms with Gasteiger partial charge in [-0.15, -0.1) is 0 Å². The fourth-order valence-electron chi connectivity index (χ4n) is 2.83. The van der Waals surface area contributed by atoms with Gasteiger partial charge >= 0.3 is 0 Å². The van der Waals surface area contributed by atoms with Gasteiger partial charge in [0.05, 0.1) is 17.5 Å². The molecule has 1 aliphatic rings. The van der Waals surface area contributed by atoms with Gasteiger partial charge in [-0.05, 0) is 44.2 Å². The number of rotatable bonds is 9. The molecule has 0 unspecified atom stereocenters. The average Bonchev–Trinajstić information content (AvgIpc) is 3.01. The zero-order chi connectivity index (χ0) is 18.3. The van der Waals surface area contributed by atoms with Crippen molar-refractivity contribution in [2.75, 3.05) is 26.8 Å². The predicted octanol–water partition coefficient (Wildman–Crippen LogP) is 2.40. The molecule has 1 fully saturated rings. The Morgan fingerprint density at radius 3 is 2.80 bits per heavy atom. The Labute approximate surface area is 151 Å². The molecule has 0 saturated carbocycles. The molecule has 1 heterocycles. The summed E-state index contributed by atoms with van der Waals surface area (Å²) in [5.74, 6) is 0.199. The fourth-order valence-corrected chi connectivity index (χ4v) is 3.88. The summed E-state index contributed by atoms with van der Waals surface area (Å²) in [6.45, 7) is 6.03. The van der Waals surface area contributed by atoms with Crippen molar-refractivity contribution in [2.24, 2.45) is 11.0 Å². The maximum Gasteiger partial charge on any atom is 0.240 e. The van der Waals surface area contributed by atoms with Gasteiger partial charge in [0.15, 0.2) is 0 Å². The first kappa shape index (κ1) is 19.9. The van der Waals surface area contributed by atoms with Gasteiger partial charge in [0.2, 0.25) is 10.0 Å². The summed E-state index contributed by atoms with van der Waals surface area (Å²) in [5.41, 5.74) is 1.04. The van der Waals surface area contributed by atoms with Crippen LogP contribution < -0.4 is 4.72 Å². The standard InChI is InChI=1S/C18H29N3O3S/c1-15-6-8-18(9-7-15)25(22,23)20-11-10-16(2)13-19-21-12-4-5-17(21)14-24-3/h6-9,13,16-17,20H,4-5,10-12,14H2,1-3H3/b19-13+/t16-,17-/m0/s1. The Morgan fingerprint density at radius 1 is 1.40 bits per heavy atom. The van der Waals surface area contributed by atoms with Crippen LogP contribution >= 0.6 is 0 Å². The molecule has 1 N–H and O–H groups in total. The van der Waals surface area contributed by atoms with Crippen molar-refractivity contribution in [3.8, 4) is 0 Å². The minimum atomic E-state index is -3.44. The van der Waals surface area contributed by atoms with E-state index in [4.69, 9.17) is 4.74 Å². The lowest BCUT2D eigenvalue weighted by Gasteiger charge is -2.21. The van der Waals surface area contributed by atoms with Crippen molar-refractivity contribution < 1.29 is 13.2 Å². The molecule has 0 spiro atoms. The number of hydrogen-bond donors (Lipinski definition) is 1. The van der Waals surface area contributed by atoms with Gasteiger partial charge in [-0.1, -0.05) is 24.6 Å². The number of sulfonamides is 1. The van der Waals surface area contributed by atoms with E-state index in [2.05, 4.69) is 14.8 Å². The number of aryl methyl sites for hydroxylation is 1. The molecule has 1 saturated heterocycles. The van der Waals surface area contributed by atoms with Crippen LogP contribution in [0.1, 0.15) is 31.7 Å². The summed E-state index contributed by atoms with van der Waals surface area (Å²) in [6, 6.07) is 7.22. The molecule has 0 amide bonds. The number of nitrogens with one attached hydrogen (secondary N) is 1. The van der Waals surface area contributed by atoms with Crippen molar-refractivity contribution in [1.29, 1.82) is 0 Å². The van der Waals surface area contributed by atoms with Gasteiger partial charge in [-0.2, -0.15) is 5.10 Å². The van der Waals surface area contributed by atoms with Crippen LogP contribution in [0.5, 0.6) is 0 Å². The highest BCUT2D eigenvalue weighted by Crippen LogP contribution is 2.17. The molecule has 7 heteroatoms. The third-order valence-electron chi connectivity index (χ3n) is 4.40. The van der Waals surface area contributed by atoms with Crippen LogP contribution in [-0.2, 0) is 14.8 Å². The number of benzene rings is 1. The number of nitrogens with zero attached hydrogens (tertiary/aromatic N) is 2. The van der Waals surface area contributed by atoms with Crippen LogP contribution in [0.15, 0.2) is 34.3 Å². The van der Waals surface area contributed by atoms with Crippen LogP contribution in [0.25, 0.3) is 0 Å². The van der Waals surface area contributed by atoms with E-state index in [1.807, 2.05) is 20.1 Å². The van der Waals surface area contributed by atoms with E-state index in [0.717, 1.165) is 24.9 Å². The lowest BCUT2D eigenvalue weighted by Crippen LogP contribution is -2.29. The lowest BCUT2D eigenvalue weighted by molar-refractivity contribution is 0.118. The molecule has 25 heavy (non-hydrogen) atoms. The van der Waals surface area contributed by atoms with Gasteiger partial charge in [0.25, 0.3) is 0 Å². The molecule has 0 aromatic heterocycles. The number of methoxy groups -OCH3 is 1.